The van der Waals surface area contributed by atoms with Crippen molar-refractivity contribution in [2.45, 2.75) is 25.7 Å². The Hall–Kier alpha value is -2.29. The molecule has 1 fully saturated rings. The SMILES string of the molecule is COc1cccc2c1CC(Cc1ccc(N3CCC3=O)cc1)C2. The number of β-lactam (4-membered cyclic amide) rings is 1. The summed E-state index contributed by atoms with van der Waals surface area (Å²) in [6.45, 7) is 0.857. The van der Waals surface area contributed by atoms with Crippen LogP contribution in [0.25, 0.3) is 0 Å². The van der Waals surface area contributed by atoms with E-state index in [2.05, 4.69) is 42.5 Å². The highest BCUT2D eigenvalue weighted by molar-refractivity contribution is 5.99. The molecule has 118 valence electrons. The molecule has 1 atom stereocenters. The molecule has 1 unspecified atom stereocenters. The summed E-state index contributed by atoms with van der Waals surface area (Å²) in [6.07, 6.45) is 3.97. The number of carbonyl (C=O) groups excluding carboxylic acids is 1. The number of hydrogen-bond donors (Lipinski definition) is 0. The zero-order valence-corrected chi connectivity index (χ0v) is 13.4. The third-order valence-electron chi connectivity index (χ3n) is 5.07. The summed E-state index contributed by atoms with van der Waals surface area (Å²) in [6, 6.07) is 14.8. The van der Waals surface area contributed by atoms with Crippen LogP contribution in [0.3, 0.4) is 0 Å². The first-order valence-corrected chi connectivity index (χ1v) is 8.28. The largest absolute Gasteiger partial charge is 0.496 e. The van der Waals surface area contributed by atoms with Gasteiger partial charge in [-0.3, -0.25) is 4.79 Å². The van der Waals surface area contributed by atoms with Crippen LogP contribution in [0.2, 0.25) is 0 Å². The monoisotopic (exact) mass is 307 g/mol. The van der Waals surface area contributed by atoms with Crippen molar-refractivity contribution in [2.24, 2.45) is 5.92 Å². The molecule has 0 saturated carbocycles. The van der Waals surface area contributed by atoms with E-state index in [1.165, 1.54) is 16.7 Å². The molecule has 2 aromatic rings. The molecule has 4 rings (SSSR count). The van der Waals surface area contributed by atoms with Crippen molar-refractivity contribution < 1.29 is 9.53 Å². The van der Waals surface area contributed by atoms with E-state index in [9.17, 15) is 4.79 Å². The lowest BCUT2D eigenvalue weighted by Crippen LogP contribution is -2.43. The van der Waals surface area contributed by atoms with Gasteiger partial charge in [-0.25, -0.2) is 0 Å². The molecule has 0 radical (unpaired) electrons. The van der Waals surface area contributed by atoms with Crippen LogP contribution in [0.1, 0.15) is 23.1 Å². The van der Waals surface area contributed by atoms with Crippen LogP contribution in [0.4, 0.5) is 5.69 Å². The van der Waals surface area contributed by atoms with Crippen molar-refractivity contribution in [3.63, 3.8) is 0 Å². The second kappa shape index (κ2) is 5.73. The fraction of sp³-hybridized carbons (Fsp3) is 0.350. The van der Waals surface area contributed by atoms with Gasteiger partial charge in [-0.1, -0.05) is 24.3 Å². The molecule has 0 aromatic heterocycles. The molecule has 0 N–H and O–H groups in total. The maximum atomic E-state index is 11.5. The third kappa shape index (κ3) is 2.61. The Morgan fingerprint density at radius 2 is 1.96 bits per heavy atom. The molecule has 0 bridgehead atoms. The number of benzene rings is 2. The first-order chi connectivity index (χ1) is 11.2. The van der Waals surface area contributed by atoms with Crippen molar-refractivity contribution >= 4 is 11.6 Å². The van der Waals surface area contributed by atoms with Gasteiger partial charge in [-0.2, -0.15) is 0 Å². The van der Waals surface area contributed by atoms with Gasteiger partial charge in [-0.15, -0.1) is 0 Å². The number of rotatable bonds is 4. The summed E-state index contributed by atoms with van der Waals surface area (Å²) in [7, 11) is 1.75. The first kappa shape index (κ1) is 14.3. The average molecular weight is 307 g/mol. The van der Waals surface area contributed by atoms with Gasteiger partial charge < -0.3 is 9.64 Å². The van der Waals surface area contributed by atoms with Gasteiger partial charge in [0.05, 0.1) is 7.11 Å². The lowest BCUT2D eigenvalue weighted by Gasteiger charge is -2.30. The summed E-state index contributed by atoms with van der Waals surface area (Å²) >= 11 is 0. The minimum atomic E-state index is 0.232. The molecule has 1 aliphatic carbocycles. The molecule has 2 aromatic carbocycles. The molecule has 0 spiro atoms. The second-order valence-corrected chi connectivity index (χ2v) is 6.54. The molecule has 3 heteroatoms. The van der Waals surface area contributed by atoms with Crippen molar-refractivity contribution in [3.8, 4) is 5.75 Å². The number of ether oxygens (including phenoxy) is 1. The van der Waals surface area contributed by atoms with Crippen molar-refractivity contribution in [2.75, 3.05) is 18.6 Å². The maximum absolute atomic E-state index is 11.5. The third-order valence-corrected chi connectivity index (χ3v) is 5.07. The van der Waals surface area contributed by atoms with Gasteiger partial charge in [-0.05, 0) is 60.1 Å². The predicted molar refractivity (Wildman–Crippen MR) is 91.0 cm³/mol. The molecule has 1 amide bonds. The van der Waals surface area contributed by atoms with Crippen molar-refractivity contribution in [3.05, 3.63) is 59.2 Å². The van der Waals surface area contributed by atoms with E-state index in [0.717, 1.165) is 37.2 Å². The van der Waals surface area contributed by atoms with Gasteiger partial charge in [0.1, 0.15) is 5.75 Å². The van der Waals surface area contributed by atoms with Crippen LogP contribution < -0.4 is 9.64 Å². The van der Waals surface area contributed by atoms with Gasteiger partial charge >= 0.3 is 0 Å². The number of anilines is 1. The number of fused-ring (bicyclic) bond motifs is 1. The lowest BCUT2D eigenvalue weighted by atomic mass is 9.96. The van der Waals surface area contributed by atoms with Crippen LogP contribution >= 0.6 is 0 Å². The van der Waals surface area contributed by atoms with Gasteiger partial charge in [0.2, 0.25) is 5.91 Å². The van der Waals surface area contributed by atoms with E-state index in [1.807, 2.05) is 4.90 Å². The topological polar surface area (TPSA) is 29.5 Å². The molecule has 1 aliphatic heterocycles. The van der Waals surface area contributed by atoms with E-state index < -0.39 is 0 Å². The molecular weight excluding hydrogens is 286 g/mol. The summed E-state index contributed by atoms with van der Waals surface area (Å²) < 4.78 is 5.49. The fourth-order valence-electron chi connectivity index (χ4n) is 3.77. The van der Waals surface area contributed by atoms with Crippen LogP contribution in [0.15, 0.2) is 42.5 Å². The highest BCUT2D eigenvalue weighted by Gasteiger charge is 2.26. The van der Waals surface area contributed by atoms with E-state index in [-0.39, 0.29) is 5.91 Å². The molecule has 23 heavy (non-hydrogen) atoms. The highest BCUT2D eigenvalue weighted by Crippen LogP contribution is 2.35. The zero-order chi connectivity index (χ0) is 15.8. The Morgan fingerprint density at radius 3 is 2.61 bits per heavy atom. The smallest absolute Gasteiger partial charge is 0.228 e. The summed E-state index contributed by atoms with van der Waals surface area (Å²) in [4.78, 5) is 13.3. The Kier molecular flexibility index (Phi) is 3.56. The van der Waals surface area contributed by atoms with Gasteiger partial charge in [0.25, 0.3) is 0 Å². The minimum absolute atomic E-state index is 0.232. The Bertz CT molecular complexity index is 736. The maximum Gasteiger partial charge on any atom is 0.228 e. The molecule has 3 nitrogen and oxygen atoms in total. The van der Waals surface area contributed by atoms with E-state index >= 15 is 0 Å². The standard InChI is InChI=1S/C20H21NO2/c1-23-19-4-2-3-16-12-15(13-18(16)19)11-14-5-7-17(8-6-14)21-10-9-20(21)22/h2-8,15H,9-13H2,1H3. The van der Waals surface area contributed by atoms with Crippen LogP contribution in [0.5, 0.6) is 5.75 Å². The number of carbonyl (C=O) groups is 1. The lowest BCUT2D eigenvalue weighted by molar-refractivity contribution is -0.122. The summed E-state index contributed by atoms with van der Waals surface area (Å²) in [5.74, 6) is 1.89. The van der Waals surface area contributed by atoms with Crippen LogP contribution in [-0.2, 0) is 24.1 Å². The number of methoxy groups -OCH3 is 1. The first-order valence-electron chi connectivity index (χ1n) is 8.28. The predicted octanol–water partition coefficient (Wildman–Crippen LogP) is 3.39. The normalized spacial score (nSPS) is 19.4. The summed E-state index contributed by atoms with van der Waals surface area (Å²) in [5.41, 5.74) is 5.18. The Labute approximate surface area is 136 Å². The number of nitrogens with zero attached hydrogens (tertiary/aromatic N) is 1. The van der Waals surface area contributed by atoms with Gasteiger partial charge in [0, 0.05) is 18.7 Å². The molecule has 1 saturated heterocycles. The zero-order valence-electron chi connectivity index (χ0n) is 13.4. The van der Waals surface area contributed by atoms with Crippen molar-refractivity contribution in [1.82, 2.24) is 0 Å². The van der Waals surface area contributed by atoms with Gasteiger partial charge in [0.15, 0.2) is 0 Å². The van der Waals surface area contributed by atoms with Crippen LogP contribution in [0, 0.1) is 5.92 Å². The van der Waals surface area contributed by atoms with Crippen molar-refractivity contribution in [1.29, 1.82) is 0 Å². The highest BCUT2D eigenvalue weighted by atomic mass is 16.5. The quantitative estimate of drug-likeness (QED) is 0.810. The summed E-state index contributed by atoms with van der Waals surface area (Å²) in [5, 5.41) is 0. The Morgan fingerprint density at radius 1 is 1.13 bits per heavy atom. The number of amides is 1. The minimum Gasteiger partial charge on any atom is -0.496 e. The molecule has 1 heterocycles. The van der Waals surface area contributed by atoms with E-state index in [0.29, 0.717) is 12.3 Å². The Balaban J connectivity index is 1.44. The number of hydrogen-bond acceptors (Lipinski definition) is 2. The van der Waals surface area contributed by atoms with E-state index in [1.54, 1.807) is 7.11 Å². The molecule has 2 aliphatic rings. The van der Waals surface area contributed by atoms with E-state index in [4.69, 9.17) is 4.74 Å². The molecular formula is C20H21NO2. The second-order valence-electron chi connectivity index (χ2n) is 6.54. The fourth-order valence-corrected chi connectivity index (χ4v) is 3.77. The van der Waals surface area contributed by atoms with Crippen LogP contribution in [-0.4, -0.2) is 19.6 Å². The average Bonchev–Trinajstić information content (AvgIpc) is 2.97.